The molecule has 0 bridgehead atoms. The largest absolute Gasteiger partial charge is 0.306 e. The van der Waals surface area contributed by atoms with Gasteiger partial charge in [-0.3, -0.25) is 4.90 Å². The summed E-state index contributed by atoms with van der Waals surface area (Å²) in [5.41, 5.74) is 0.676. The molecule has 0 aliphatic carbocycles. The molecule has 2 aliphatic rings. The monoisotopic (exact) mass is 322 g/mol. The van der Waals surface area contributed by atoms with Crippen LogP contribution in [0.3, 0.4) is 0 Å². The van der Waals surface area contributed by atoms with Gasteiger partial charge >= 0.3 is 0 Å². The molecule has 2 saturated heterocycles. The molecule has 2 rings (SSSR count). The average Bonchev–Trinajstić information content (AvgIpc) is 2.18. The fraction of sp³-hybridized carbons (Fsp3) is 1.00. The van der Waals surface area contributed by atoms with E-state index in [1.165, 1.54) is 51.9 Å². The Hall–Kier alpha value is 0.650. The van der Waals surface area contributed by atoms with Crippen molar-refractivity contribution in [1.82, 2.24) is 9.80 Å². The van der Waals surface area contributed by atoms with Crippen LogP contribution in [0, 0.1) is 5.41 Å². The van der Waals surface area contributed by atoms with Crippen LogP contribution in [0.1, 0.15) is 32.6 Å². The van der Waals surface area contributed by atoms with E-state index in [9.17, 15) is 0 Å². The summed E-state index contributed by atoms with van der Waals surface area (Å²) in [6.07, 6.45) is 5.73. The van der Waals surface area contributed by atoms with E-state index >= 15 is 0 Å². The Morgan fingerprint density at radius 2 is 1.80 bits per heavy atom. The summed E-state index contributed by atoms with van der Waals surface area (Å²) in [6.45, 7) is 7.60. The maximum atomic E-state index is 2.63. The first-order valence-corrected chi connectivity index (χ1v) is 7.43. The number of likely N-dealkylation sites (tertiary alicyclic amines) is 2. The standard InChI is InChI=1S/C12H23IN2/c1-11(13)15-8-5-12(6-9-15)4-3-7-14(2)10-12/h11H,3-10H2,1-2H3. The number of nitrogens with zero attached hydrogens (tertiary/aromatic N) is 2. The predicted octanol–water partition coefficient (Wildman–Crippen LogP) is 2.58. The second-order valence-electron chi connectivity index (χ2n) is 5.45. The molecule has 0 radical (unpaired) electrons. The topological polar surface area (TPSA) is 6.48 Å². The molecule has 1 spiro atoms. The zero-order valence-electron chi connectivity index (χ0n) is 10.0. The van der Waals surface area contributed by atoms with Crippen LogP contribution in [0.15, 0.2) is 0 Å². The number of rotatable bonds is 1. The summed E-state index contributed by atoms with van der Waals surface area (Å²) >= 11 is 2.54. The van der Waals surface area contributed by atoms with Gasteiger partial charge in [0.05, 0.1) is 4.05 Å². The molecular weight excluding hydrogens is 299 g/mol. The van der Waals surface area contributed by atoms with Crippen LogP contribution in [0.5, 0.6) is 0 Å². The van der Waals surface area contributed by atoms with E-state index in [-0.39, 0.29) is 0 Å². The Balaban J connectivity index is 1.90. The first-order chi connectivity index (χ1) is 7.11. The highest BCUT2D eigenvalue weighted by molar-refractivity contribution is 14.1. The first kappa shape index (κ1) is 12.1. The van der Waals surface area contributed by atoms with Crippen molar-refractivity contribution in [3.05, 3.63) is 0 Å². The molecule has 15 heavy (non-hydrogen) atoms. The maximum Gasteiger partial charge on any atom is 0.0589 e. The van der Waals surface area contributed by atoms with Crippen molar-refractivity contribution in [2.24, 2.45) is 5.41 Å². The molecule has 0 saturated carbocycles. The van der Waals surface area contributed by atoms with Gasteiger partial charge in [-0.25, -0.2) is 0 Å². The van der Waals surface area contributed by atoms with Gasteiger partial charge in [0.15, 0.2) is 0 Å². The van der Waals surface area contributed by atoms with Gasteiger partial charge in [0.1, 0.15) is 0 Å². The molecule has 2 aliphatic heterocycles. The van der Waals surface area contributed by atoms with E-state index in [1.54, 1.807) is 0 Å². The third-order valence-electron chi connectivity index (χ3n) is 4.21. The van der Waals surface area contributed by atoms with Gasteiger partial charge in [0.2, 0.25) is 0 Å². The Kier molecular flexibility index (Phi) is 3.94. The minimum Gasteiger partial charge on any atom is -0.306 e. The smallest absolute Gasteiger partial charge is 0.0589 e. The quantitative estimate of drug-likeness (QED) is 0.416. The molecule has 2 fully saturated rings. The third-order valence-corrected chi connectivity index (χ3v) is 5.00. The lowest BCUT2D eigenvalue weighted by Gasteiger charge is -2.47. The highest BCUT2D eigenvalue weighted by atomic mass is 127. The predicted molar refractivity (Wildman–Crippen MR) is 73.5 cm³/mol. The van der Waals surface area contributed by atoms with E-state index in [1.807, 2.05) is 0 Å². The Morgan fingerprint density at radius 1 is 1.13 bits per heavy atom. The van der Waals surface area contributed by atoms with E-state index in [0.29, 0.717) is 9.46 Å². The second kappa shape index (κ2) is 4.88. The zero-order valence-corrected chi connectivity index (χ0v) is 12.2. The van der Waals surface area contributed by atoms with Crippen molar-refractivity contribution in [1.29, 1.82) is 0 Å². The number of hydrogen-bond donors (Lipinski definition) is 0. The minimum atomic E-state index is 0.676. The van der Waals surface area contributed by atoms with Crippen LogP contribution in [-0.2, 0) is 0 Å². The van der Waals surface area contributed by atoms with Crippen LogP contribution >= 0.6 is 22.6 Å². The number of alkyl halides is 1. The fourth-order valence-electron chi connectivity index (χ4n) is 3.22. The fourth-order valence-corrected chi connectivity index (χ4v) is 3.77. The average molecular weight is 322 g/mol. The summed E-state index contributed by atoms with van der Waals surface area (Å²) in [6, 6.07) is 0. The molecule has 1 unspecified atom stereocenters. The molecule has 2 heterocycles. The van der Waals surface area contributed by atoms with Crippen LogP contribution in [-0.4, -0.2) is 47.1 Å². The van der Waals surface area contributed by atoms with Crippen LogP contribution in [0.25, 0.3) is 0 Å². The maximum absolute atomic E-state index is 2.63. The molecule has 0 aromatic rings. The van der Waals surface area contributed by atoms with E-state index < -0.39 is 0 Å². The van der Waals surface area contributed by atoms with Crippen molar-refractivity contribution < 1.29 is 0 Å². The third kappa shape index (κ3) is 2.86. The van der Waals surface area contributed by atoms with Gasteiger partial charge in [0.25, 0.3) is 0 Å². The van der Waals surface area contributed by atoms with Gasteiger partial charge in [-0.1, -0.05) is 22.6 Å². The van der Waals surface area contributed by atoms with Gasteiger partial charge in [-0.05, 0) is 64.7 Å². The van der Waals surface area contributed by atoms with Crippen molar-refractivity contribution >= 4 is 22.6 Å². The minimum absolute atomic E-state index is 0.676. The zero-order chi connectivity index (χ0) is 10.9. The summed E-state index contributed by atoms with van der Waals surface area (Å²) in [7, 11) is 2.29. The summed E-state index contributed by atoms with van der Waals surface area (Å²) in [5.74, 6) is 0. The lowest BCUT2D eigenvalue weighted by atomic mass is 9.72. The summed E-state index contributed by atoms with van der Waals surface area (Å²) in [5, 5.41) is 0. The van der Waals surface area contributed by atoms with Crippen LogP contribution in [0.2, 0.25) is 0 Å². The van der Waals surface area contributed by atoms with Gasteiger partial charge in [0, 0.05) is 6.54 Å². The highest BCUT2D eigenvalue weighted by Crippen LogP contribution is 2.40. The highest BCUT2D eigenvalue weighted by Gasteiger charge is 2.37. The molecular formula is C12H23IN2. The van der Waals surface area contributed by atoms with Crippen LogP contribution < -0.4 is 0 Å². The Morgan fingerprint density at radius 3 is 2.33 bits per heavy atom. The normalized spacial score (nSPS) is 30.6. The molecule has 88 valence electrons. The van der Waals surface area contributed by atoms with E-state index in [2.05, 4.69) is 46.4 Å². The molecule has 0 aromatic heterocycles. The molecule has 3 heteroatoms. The van der Waals surface area contributed by atoms with Gasteiger partial charge in [-0.2, -0.15) is 0 Å². The number of piperidine rings is 2. The lowest BCUT2D eigenvalue weighted by molar-refractivity contribution is 0.0341. The first-order valence-electron chi connectivity index (χ1n) is 6.18. The molecule has 2 nitrogen and oxygen atoms in total. The van der Waals surface area contributed by atoms with Gasteiger partial charge in [-0.15, -0.1) is 0 Å². The van der Waals surface area contributed by atoms with E-state index in [4.69, 9.17) is 0 Å². The molecule has 0 N–H and O–H groups in total. The van der Waals surface area contributed by atoms with Crippen LogP contribution in [0.4, 0.5) is 0 Å². The van der Waals surface area contributed by atoms with Crippen molar-refractivity contribution in [3.8, 4) is 0 Å². The Bertz CT molecular complexity index is 210. The lowest BCUT2D eigenvalue weighted by Crippen LogP contribution is -2.49. The van der Waals surface area contributed by atoms with E-state index in [0.717, 1.165) is 0 Å². The number of hydrogen-bond acceptors (Lipinski definition) is 2. The SMILES string of the molecule is CC(I)N1CCC2(CCCN(C)C2)CC1. The summed E-state index contributed by atoms with van der Waals surface area (Å²) in [4.78, 5) is 5.16. The molecule has 0 aromatic carbocycles. The van der Waals surface area contributed by atoms with Crippen molar-refractivity contribution in [2.45, 2.75) is 36.7 Å². The second-order valence-corrected chi connectivity index (χ2v) is 7.25. The van der Waals surface area contributed by atoms with Crippen molar-refractivity contribution in [3.63, 3.8) is 0 Å². The molecule has 1 atom stereocenters. The number of halogens is 1. The van der Waals surface area contributed by atoms with Crippen molar-refractivity contribution in [2.75, 3.05) is 33.2 Å². The molecule has 0 amide bonds. The Labute approximate surface area is 108 Å². The van der Waals surface area contributed by atoms with Gasteiger partial charge < -0.3 is 4.90 Å². The summed E-state index contributed by atoms with van der Waals surface area (Å²) < 4.78 is 0.710.